The zero-order valence-corrected chi connectivity index (χ0v) is 19.8. The van der Waals surface area contributed by atoms with E-state index in [0.717, 1.165) is 44.9 Å². The number of carbonyl (C=O) groups is 2. The summed E-state index contributed by atoms with van der Waals surface area (Å²) >= 11 is 0. The van der Waals surface area contributed by atoms with E-state index in [1.54, 1.807) is 4.90 Å². The maximum atomic E-state index is 15.7. The molecule has 1 saturated carbocycles. The molecule has 0 bridgehead atoms. The van der Waals surface area contributed by atoms with Gasteiger partial charge in [-0.05, 0) is 25.0 Å². The molecule has 0 radical (unpaired) electrons. The number of fused-ring (bicyclic) bond motifs is 1. The molecule has 11 heteroatoms. The second-order valence-electron chi connectivity index (χ2n) is 8.55. The average Bonchev–Trinajstić information content (AvgIpc) is 3.38. The van der Waals surface area contributed by atoms with E-state index in [2.05, 4.69) is 26.6 Å². The van der Waals surface area contributed by atoms with Gasteiger partial charge in [0.1, 0.15) is 17.3 Å². The Morgan fingerprint density at radius 2 is 2.03 bits per heavy atom. The van der Waals surface area contributed by atoms with Crippen molar-refractivity contribution < 1.29 is 27.8 Å². The fourth-order valence-electron chi connectivity index (χ4n) is 4.53. The lowest BCUT2D eigenvalue weighted by Crippen LogP contribution is -2.49. The van der Waals surface area contributed by atoms with E-state index in [0.29, 0.717) is 11.5 Å². The van der Waals surface area contributed by atoms with Crippen LogP contribution in [0.2, 0.25) is 0 Å². The van der Waals surface area contributed by atoms with Gasteiger partial charge < -0.3 is 24.6 Å². The van der Waals surface area contributed by atoms with E-state index in [1.165, 1.54) is 31.3 Å². The minimum Gasteiger partial charge on any atom is -0.495 e. The van der Waals surface area contributed by atoms with E-state index in [-0.39, 0.29) is 35.5 Å². The molecule has 1 amide bonds. The first-order chi connectivity index (χ1) is 16.7. The normalized spacial score (nSPS) is 20.3. The molecular weight excluding hydrogens is 460 g/mol. The number of hydrogen-bond acceptors (Lipinski definition) is 8. The van der Waals surface area contributed by atoms with Crippen molar-refractivity contribution in [1.82, 2.24) is 9.97 Å². The molecular formula is C24H27F2N5O4. The molecule has 1 aromatic carbocycles. The topological polar surface area (TPSA) is 96.9 Å². The number of nitrogens with zero attached hydrogens (tertiary/aromatic N) is 4. The van der Waals surface area contributed by atoms with Gasteiger partial charge in [-0.15, -0.1) is 0 Å². The fraction of sp³-hybridized carbons (Fsp3) is 0.417. The summed E-state index contributed by atoms with van der Waals surface area (Å²) in [6.07, 6.45) is 6.12. The monoisotopic (exact) mass is 487 g/mol. The lowest BCUT2D eigenvalue weighted by atomic mass is 10.0. The average molecular weight is 488 g/mol. The van der Waals surface area contributed by atoms with Gasteiger partial charge in [0.05, 0.1) is 38.2 Å². The number of anilines is 4. The Morgan fingerprint density at radius 3 is 2.66 bits per heavy atom. The summed E-state index contributed by atoms with van der Waals surface area (Å²) in [5.41, 5.74) is -2.04. The van der Waals surface area contributed by atoms with Crippen LogP contribution in [0.1, 0.15) is 36.0 Å². The Labute approximate surface area is 201 Å². The standard InChI is InChI=1S/C24H27F2N5O4/c1-5-24(26)13-31(14-8-6-7-9-14)20-18(30(2)22(24)33)12-27-23(29-20)28-17-11-16(25)15(21(32)35-4)10-19(17)34-3/h5,10-12,14H,1,6-9,13H2,2-4H3,(H,27,28,29). The third kappa shape index (κ3) is 4.38. The Bertz CT molecular complexity index is 1170. The number of hydrogen-bond donors (Lipinski definition) is 1. The Morgan fingerprint density at radius 1 is 1.31 bits per heavy atom. The predicted molar refractivity (Wildman–Crippen MR) is 127 cm³/mol. The van der Waals surface area contributed by atoms with Crippen molar-refractivity contribution in [3.63, 3.8) is 0 Å². The van der Waals surface area contributed by atoms with Crippen LogP contribution in [0.25, 0.3) is 0 Å². The molecule has 9 nitrogen and oxygen atoms in total. The van der Waals surface area contributed by atoms with Gasteiger partial charge in [0.2, 0.25) is 11.6 Å². The molecule has 1 atom stereocenters. The lowest BCUT2D eigenvalue weighted by molar-refractivity contribution is -0.126. The third-order valence-corrected chi connectivity index (χ3v) is 6.47. The first-order valence-corrected chi connectivity index (χ1v) is 11.2. The maximum Gasteiger partial charge on any atom is 0.340 e. The molecule has 1 aliphatic carbocycles. The summed E-state index contributed by atoms with van der Waals surface area (Å²) in [6.45, 7) is 3.33. The number of carbonyl (C=O) groups excluding carboxylic acids is 2. The van der Waals surface area contributed by atoms with Crippen molar-refractivity contribution in [2.45, 2.75) is 37.4 Å². The highest BCUT2D eigenvalue weighted by Gasteiger charge is 2.46. The van der Waals surface area contributed by atoms with Gasteiger partial charge in [0.25, 0.3) is 5.91 Å². The number of alkyl halides is 1. The van der Waals surface area contributed by atoms with Crippen LogP contribution in [-0.4, -0.2) is 61.4 Å². The number of aromatic nitrogens is 2. The van der Waals surface area contributed by atoms with Gasteiger partial charge in [0, 0.05) is 19.2 Å². The molecule has 35 heavy (non-hydrogen) atoms. The van der Waals surface area contributed by atoms with E-state index < -0.39 is 23.4 Å². The number of halogens is 2. The van der Waals surface area contributed by atoms with Crippen molar-refractivity contribution in [3.05, 3.63) is 42.4 Å². The van der Waals surface area contributed by atoms with Crippen molar-refractivity contribution in [3.8, 4) is 5.75 Å². The van der Waals surface area contributed by atoms with Crippen LogP contribution in [0.3, 0.4) is 0 Å². The number of rotatable bonds is 6. The van der Waals surface area contributed by atoms with E-state index in [1.807, 2.05) is 0 Å². The summed E-state index contributed by atoms with van der Waals surface area (Å²) in [6, 6.07) is 2.29. The molecule has 0 saturated heterocycles. The number of ether oxygens (including phenoxy) is 2. The zero-order chi connectivity index (χ0) is 25.3. The third-order valence-electron chi connectivity index (χ3n) is 6.47. The van der Waals surface area contributed by atoms with Crippen LogP contribution >= 0.6 is 0 Å². The van der Waals surface area contributed by atoms with Gasteiger partial charge in [-0.1, -0.05) is 19.4 Å². The SMILES string of the molecule is C=CC1(F)CN(C2CCCC2)c2nc(Nc3cc(F)c(C(=O)OC)cc3OC)ncc2N(C)C1=O. The summed E-state index contributed by atoms with van der Waals surface area (Å²) in [5, 5.41) is 2.91. The molecule has 1 aliphatic heterocycles. The van der Waals surface area contributed by atoms with Crippen LogP contribution in [0, 0.1) is 5.82 Å². The Balaban J connectivity index is 1.76. The number of nitrogens with one attached hydrogen (secondary N) is 1. The van der Waals surface area contributed by atoms with E-state index in [9.17, 15) is 14.0 Å². The smallest absolute Gasteiger partial charge is 0.340 e. The molecule has 186 valence electrons. The minimum atomic E-state index is -2.29. The van der Waals surface area contributed by atoms with Gasteiger partial charge in [0.15, 0.2) is 5.82 Å². The van der Waals surface area contributed by atoms with Gasteiger partial charge in [-0.2, -0.15) is 4.98 Å². The molecule has 1 unspecified atom stereocenters. The first-order valence-electron chi connectivity index (χ1n) is 11.2. The molecule has 1 aromatic heterocycles. The lowest BCUT2D eigenvalue weighted by Gasteiger charge is -2.32. The predicted octanol–water partition coefficient (Wildman–Crippen LogP) is 3.77. The van der Waals surface area contributed by atoms with E-state index in [4.69, 9.17) is 4.74 Å². The van der Waals surface area contributed by atoms with Crippen LogP contribution in [0.4, 0.5) is 31.9 Å². The summed E-state index contributed by atoms with van der Waals surface area (Å²) in [4.78, 5) is 36.6. The number of esters is 1. The Hall–Kier alpha value is -3.76. The van der Waals surface area contributed by atoms with E-state index >= 15 is 4.39 Å². The largest absolute Gasteiger partial charge is 0.495 e. The molecule has 1 fully saturated rings. The van der Waals surface area contributed by atoms with Crippen LogP contribution in [0.15, 0.2) is 31.0 Å². The first kappa shape index (κ1) is 24.4. The molecule has 2 heterocycles. The van der Waals surface area contributed by atoms with Crippen molar-refractivity contribution in [2.75, 3.05) is 42.9 Å². The quantitative estimate of drug-likeness (QED) is 0.486. The second-order valence-corrected chi connectivity index (χ2v) is 8.55. The van der Waals surface area contributed by atoms with Gasteiger partial charge in [-0.25, -0.2) is 18.6 Å². The minimum absolute atomic E-state index is 0.00260. The molecule has 2 aliphatic rings. The van der Waals surface area contributed by atoms with Crippen LogP contribution in [0.5, 0.6) is 5.75 Å². The van der Waals surface area contributed by atoms with Crippen LogP contribution in [-0.2, 0) is 9.53 Å². The zero-order valence-electron chi connectivity index (χ0n) is 19.8. The van der Waals surface area contributed by atoms with Gasteiger partial charge >= 0.3 is 5.97 Å². The fourth-order valence-corrected chi connectivity index (χ4v) is 4.53. The molecule has 0 spiro atoms. The highest BCUT2D eigenvalue weighted by Crippen LogP contribution is 2.40. The Kier molecular flexibility index (Phi) is 6.60. The van der Waals surface area contributed by atoms with Crippen molar-refractivity contribution >= 4 is 35.0 Å². The summed E-state index contributed by atoms with van der Waals surface area (Å²) in [5.74, 6) is -1.77. The highest BCUT2D eigenvalue weighted by atomic mass is 19.1. The van der Waals surface area contributed by atoms with Crippen molar-refractivity contribution in [2.24, 2.45) is 0 Å². The number of benzene rings is 1. The highest BCUT2D eigenvalue weighted by molar-refractivity contribution is 6.04. The molecule has 4 rings (SSSR count). The molecule has 2 aromatic rings. The second kappa shape index (κ2) is 9.47. The number of methoxy groups -OCH3 is 2. The molecule has 1 N–H and O–H groups in total. The number of amides is 1. The van der Waals surface area contributed by atoms with Gasteiger partial charge in [-0.3, -0.25) is 4.79 Å². The van der Waals surface area contributed by atoms with Crippen molar-refractivity contribution in [1.29, 1.82) is 0 Å². The summed E-state index contributed by atoms with van der Waals surface area (Å²) < 4.78 is 40.2. The van der Waals surface area contributed by atoms with Crippen LogP contribution < -0.4 is 19.9 Å². The maximum absolute atomic E-state index is 15.7. The summed E-state index contributed by atoms with van der Waals surface area (Å²) in [7, 11) is 3.99.